The van der Waals surface area contributed by atoms with E-state index in [0.717, 1.165) is 24.3 Å². The minimum absolute atomic E-state index is 0.761. The molecular weight excluding hydrogens is 306 g/mol. The summed E-state index contributed by atoms with van der Waals surface area (Å²) < 4.78 is 1.33. The lowest BCUT2D eigenvalue weighted by atomic mass is 9.72. The highest BCUT2D eigenvalue weighted by Crippen LogP contribution is 2.45. The Morgan fingerprint density at radius 2 is 2.28 bits per heavy atom. The number of rotatable bonds is 5. The quantitative estimate of drug-likeness (QED) is 0.798. The van der Waals surface area contributed by atoms with E-state index in [0.29, 0.717) is 0 Å². The van der Waals surface area contributed by atoms with E-state index in [9.17, 15) is 0 Å². The Hall–Kier alpha value is 0.140. The Kier molecular flexibility index (Phi) is 5.71. The van der Waals surface area contributed by atoms with Gasteiger partial charge in [-0.1, -0.05) is 26.2 Å². The van der Waals surface area contributed by atoms with Crippen LogP contribution in [0.2, 0.25) is 0 Å². The molecule has 1 aliphatic carbocycles. The van der Waals surface area contributed by atoms with Crippen LogP contribution in [-0.2, 0) is 0 Å². The molecule has 0 amide bonds. The molecule has 1 aliphatic rings. The molecule has 1 fully saturated rings. The van der Waals surface area contributed by atoms with Crippen molar-refractivity contribution in [2.75, 3.05) is 13.6 Å². The van der Waals surface area contributed by atoms with Crippen molar-refractivity contribution in [3.05, 3.63) is 20.8 Å². The molecule has 0 aliphatic heterocycles. The first-order valence-corrected chi connectivity index (χ1v) is 8.81. The summed E-state index contributed by atoms with van der Waals surface area (Å²) in [5.74, 6) is 2.53. The number of thiophene rings is 1. The summed E-state index contributed by atoms with van der Waals surface area (Å²) in [6.45, 7) is 3.48. The molecule has 1 heterocycles. The van der Waals surface area contributed by atoms with Gasteiger partial charge in [-0.3, -0.25) is 0 Å². The summed E-state index contributed by atoms with van der Waals surface area (Å²) >= 11 is 5.66. The predicted octanol–water partition coefficient (Wildman–Crippen LogP) is 5.03. The van der Waals surface area contributed by atoms with Crippen molar-refractivity contribution in [1.29, 1.82) is 0 Å². The van der Waals surface area contributed by atoms with Gasteiger partial charge in [-0.25, -0.2) is 0 Å². The number of nitrogens with one attached hydrogen (secondary N) is 1. The van der Waals surface area contributed by atoms with Gasteiger partial charge in [-0.2, -0.15) is 0 Å². The second kappa shape index (κ2) is 7.06. The Balaban J connectivity index is 2.12. The SMILES string of the molecule is CCCC1CCC(CNC)C(c2sccc2Br)C1. The second-order valence-electron chi connectivity index (χ2n) is 5.52. The molecule has 1 N–H and O–H groups in total. The summed E-state index contributed by atoms with van der Waals surface area (Å²) in [6, 6.07) is 2.21. The van der Waals surface area contributed by atoms with Crippen molar-refractivity contribution < 1.29 is 0 Å². The first-order chi connectivity index (χ1) is 8.76. The van der Waals surface area contributed by atoms with Gasteiger partial charge in [0, 0.05) is 9.35 Å². The smallest absolute Gasteiger partial charge is 0.0317 e. The first kappa shape index (κ1) is 14.5. The average molecular weight is 330 g/mol. The molecule has 1 aromatic heterocycles. The zero-order valence-electron chi connectivity index (χ0n) is 11.4. The van der Waals surface area contributed by atoms with Crippen LogP contribution in [0, 0.1) is 11.8 Å². The Morgan fingerprint density at radius 1 is 1.44 bits per heavy atom. The zero-order chi connectivity index (χ0) is 13.0. The van der Waals surface area contributed by atoms with Crippen LogP contribution >= 0.6 is 27.3 Å². The van der Waals surface area contributed by atoms with Crippen LogP contribution in [0.3, 0.4) is 0 Å². The van der Waals surface area contributed by atoms with Crippen LogP contribution in [0.25, 0.3) is 0 Å². The van der Waals surface area contributed by atoms with E-state index in [2.05, 4.69) is 46.7 Å². The molecular formula is C15H24BrNS. The summed E-state index contributed by atoms with van der Waals surface area (Å²) in [4.78, 5) is 1.58. The topological polar surface area (TPSA) is 12.0 Å². The van der Waals surface area contributed by atoms with Crippen LogP contribution in [0.4, 0.5) is 0 Å². The van der Waals surface area contributed by atoms with Gasteiger partial charge in [-0.15, -0.1) is 11.3 Å². The van der Waals surface area contributed by atoms with E-state index in [-0.39, 0.29) is 0 Å². The molecule has 0 spiro atoms. The van der Waals surface area contributed by atoms with Gasteiger partial charge in [0.1, 0.15) is 0 Å². The van der Waals surface area contributed by atoms with Gasteiger partial charge >= 0.3 is 0 Å². The molecule has 0 aromatic carbocycles. The summed E-state index contributed by atoms with van der Waals surface area (Å²) in [5.41, 5.74) is 0. The molecule has 3 heteroatoms. The largest absolute Gasteiger partial charge is 0.319 e. The van der Waals surface area contributed by atoms with Crippen LogP contribution in [0.1, 0.15) is 49.8 Å². The first-order valence-electron chi connectivity index (χ1n) is 7.13. The lowest BCUT2D eigenvalue weighted by Gasteiger charge is -2.36. The van der Waals surface area contributed by atoms with E-state index in [1.807, 2.05) is 11.3 Å². The average Bonchev–Trinajstić information content (AvgIpc) is 2.78. The number of hydrogen-bond donors (Lipinski definition) is 1. The van der Waals surface area contributed by atoms with Gasteiger partial charge in [0.05, 0.1) is 0 Å². The van der Waals surface area contributed by atoms with E-state index in [4.69, 9.17) is 0 Å². The fraction of sp³-hybridized carbons (Fsp3) is 0.733. The zero-order valence-corrected chi connectivity index (χ0v) is 13.8. The molecule has 0 saturated heterocycles. The third kappa shape index (κ3) is 3.37. The van der Waals surface area contributed by atoms with E-state index in [1.54, 1.807) is 4.88 Å². The van der Waals surface area contributed by atoms with Crippen LogP contribution in [0.15, 0.2) is 15.9 Å². The molecule has 18 heavy (non-hydrogen) atoms. The van der Waals surface area contributed by atoms with Gasteiger partial charge in [-0.05, 0) is 71.6 Å². The molecule has 0 radical (unpaired) electrons. The van der Waals surface area contributed by atoms with Crippen molar-refractivity contribution in [3.8, 4) is 0 Å². The fourth-order valence-corrected chi connectivity index (χ4v) is 5.26. The molecule has 3 unspecified atom stereocenters. The van der Waals surface area contributed by atoms with E-state index in [1.165, 1.54) is 36.6 Å². The molecule has 102 valence electrons. The molecule has 1 aromatic rings. The lowest BCUT2D eigenvalue weighted by molar-refractivity contribution is 0.225. The number of hydrogen-bond acceptors (Lipinski definition) is 2. The van der Waals surface area contributed by atoms with Crippen LogP contribution in [0.5, 0.6) is 0 Å². The molecule has 2 rings (SSSR count). The second-order valence-corrected chi connectivity index (χ2v) is 7.33. The van der Waals surface area contributed by atoms with Crippen molar-refractivity contribution >= 4 is 27.3 Å². The van der Waals surface area contributed by atoms with Crippen LogP contribution < -0.4 is 5.32 Å². The Labute approximate surface area is 123 Å². The van der Waals surface area contributed by atoms with E-state index < -0.39 is 0 Å². The van der Waals surface area contributed by atoms with E-state index >= 15 is 0 Å². The van der Waals surface area contributed by atoms with Crippen molar-refractivity contribution in [3.63, 3.8) is 0 Å². The van der Waals surface area contributed by atoms with Crippen molar-refractivity contribution in [2.24, 2.45) is 11.8 Å². The molecule has 0 bridgehead atoms. The summed E-state index contributed by atoms with van der Waals surface area (Å²) in [6.07, 6.45) is 6.95. The van der Waals surface area contributed by atoms with Gasteiger partial charge < -0.3 is 5.32 Å². The lowest BCUT2D eigenvalue weighted by Crippen LogP contribution is -2.30. The third-order valence-electron chi connectivity index (χ3n) is 4.25. The number of halogens is 1. The van der Waals surface area contributed by atoms with Gasteiger partial charge in [0.15, 0.2) is 0 Å². The Bertz CT molecular complexity index is 363. The monoisotopic (exact) mass is 329 g/mol. The van der Waals surface area contributed by atoms with Gasteiger partial charge in [0.2, 0.25) is 0 Å². The van der Waals surface area contributed by atoms with Crippen molar-refractivity contribution in [1.82, 2.24) is 5.32 Å². The highest BCUT2D eigenvalue weighted by Gasteiger charge is 2.32. The standard InChI is InChI=1S/C15H24BrNS/c1-3-4-11-5-6-12(10-17-2)13(9-11)15-14(16)7-8-18-15/h7-8,11-13,17H,3-6,9-10H2,1-2H3. The maximum absolute atomic E-state index is 3.73. The summed E-state index contributed by atoms with van der Waals surface area (Å²) in [5, 5.41) is 5.61. The fourth-order valence-electron chi connectivity index (χ4n) is 3.39. The Morgan fingerprint density at radius 3 is 2.89 bits per heavy atom. The van der Waals surface area contributed by atoms with Crippen molar-refractivity contribution in [2.45, 2.75) is 44.9 Å². The van der Waals surface area contributed by atoms with Gasteiger partial charge in [0.25, 0.3) is 0 Å². The highest BCUT2D eigenvalue weighted by atomic mass is 79.9. The maximum Gasteiger partial charge on any atom is 0.0317 e. The minimum Gasteiger partial charge on any atom is -0.319 e. The predicted molar refractivity (Wildman–Crippen MR) is 84.4 cm³/mol. The minimum atomic E-state index is 0.761. The highest BCUT2D eigenvalue weighted by molar-refractivity contribution is 9.10. The third-order valence-corrected chi connectivity index (χ3v) is 6.25. The molecule has 1 nitrogen and oxygen atoms in total. The summed E-state index contributed by atoms with van der Waals surface area (Å²) in [7, 11) is 2.08. The molecule has 3 atom stereocenters. The normalized spacial score (nSPS) is 28.5. The van der Waals surface area contributed by atoms with Crippen LogP contribution in [-0.4, -0.2) is 13.6 Å². The maximum atomic E-state index is 3.73. The molecule has 1 saturated carbocycles.